The Kier molecular flexibility index (Phi) is 8.03. The molecule has 0 saturated carbocycles. The number of hydrogen-bond donors (Lipinski definition) is 2. The van der Waals surface area contributed by atoms with Crippen LogP contribution in [0.3, 0.4) is 0 Å². The lowest BCUT2D eigenvalue weighted by atomic mass is 10.0. The highest BCUT2D eigenvalue weighted by atomic mass is 16.4. The van der Waals surface area contributed by atoms with Gasteiger partial charge in [0.2, 0.25) is 0 Å². The van der Waals surface area contributed by atoms with E-state index in [-0.39, 0.29) is 12.3 Å². The van der Waals surface area contributed by atoms with Crippen LogP contribution in [-0.4, -0.2) is 11.1 Å². The van der Waals surface area contributed by atoms with Gasteiger partial charge in [0.25, 0.3) is 0 Å². The van der Waals surface area contributed by atoms with E-state index in [1.54, 1.807) is 6.92 Å². The van der Waals surface area contributed by atoms with Crippen LogP contribution in [0.4, 0.5) is 5.69 Å². The summed E-state index contributed by atoms with van der Waals surface area (Å²) in [5.41, 5.74) is 7.83. The van der Waals surface area contributed by atoms with Crippen molar-refractivity contribution in [2.24, 2.45) is 11.8 Å². The van der Waals surface area contributed by atoms with Crippen LogP contribution in [0.15, 0.2) is 24.3 Å². The Morgan fingerprint density at radius 1 is 1.42 bits per heavy atom. The molecule has 1 aromatic carbocycles. The summed E-state index contributed by atoms with van der Waals surface area (Å²) in [6.07, 6.45) is 1.06. The third kappa shape index (κ3) is 9.66. The number of carbonyl (C=O) groups is 1. The van der Waals surface area contributed by atoms with Crippen LogP contribution in [0.5, 0.6) is 0 Å². The SMILES string of the molecule is CC(C#N)CC(=O)O.CC(C)Cc1cccc(N)c1. The summed E-state index contributed by atoms with van der Waals surface area (Å²) in [6, 6.07) is 9.91. The zero-order chi connectivity index (χ0) is 14.8. The molecule has 1 atom stereocenters. The molecule has 0 heterocycles. The molecule has 19 heavy (non-hydrogen) atoms. The van der Waals surface area contributed by atoms with Crippen molar-refractivity contribution in [2.75, 3.05) is 5.73 Å². The van der Waals surface area contributed by atoms with Crippen molar-refractivity contribution in [1.29, 1.82) is 5.26 Å². The highest BCUT2D eigenvalue weighted by Crippen LogP contribution is 2.10. The van der Waals surface area contributed by atoms with Crippen molar-refractivity contribution < 1.29 is 9.90 Å². The van der Waals surface area contributed by atoms with Crippen molar-refractivity contribution in [3.63, 3.8) is 0 Å². The van der Waals surface area contributed by atoms with Gasteiger partial charge in [0.05, 0.1) is 18.4 Å². The normalized spacial score (nSPS) is 11.1. The molecule has 4 nitrogen and oxygen atoms in total. The van der Waals surface area contributed by atoms with Gasteiger partial charge in [0, 0.05) is 5.69 Å². The Bertz CT molecular complexity index is 436. The second-order valence-corrected chi connectivity index (χ2v) is 4.97. The minimum atomic E-state index is -0.918. The number of nitrogens with two attached hydrogens (primary N) is 1. The molecule has 0 spiro atoms. The van der Waals surface area contributed by atoms with Gasteiger partial charge in [-0.05, 0) is 37.0 Å². The van der Waals surface area contributed by atoms with Crippen LogP contribution in [-0.2, 0) is 11.2 Å². The van der Waals surface area contributed by atoms with Crippen molar-refractivity contribution in [1.82, 2.24) is 0 Å². The van der Waals surface area contributed by atoms with E-state index in [0.29, 0.717) is 5.92 Å². The lowest BCUT2D eigenvalue weighted by Crippen LogP contribution is -2.00. The molecule has 1 rings (SSSR count). The number of aliphatic carboxylic acids is 1. The van der Waals surface area contributed by atoms with E-state index in [4.69, 9.17) is 16.1 Å². The van der Waals surface area contributed by atoms with E-state index in [1.165, 1.54) is 5.56 Å². The number of carboxylic acids is 1. The third-order valence-corrected chi connectivity index (χ3v) is 2.30. The zero-order valence-electron chi connectivity index (χ0n) is 11.8. The molecule has 0 aliphatic rings. The predicted octanol–water partition coefficient (Wildman–Crippen LogP) is 3.09. The quantitative estimate of drug-likeness (QED) is 0.816. The average molecular weight is 262 g/mol. The Morgan fingerprint density at radius 3 is 2.42 bits per heavy atom. The number of benzene rings is 1. The number of nitrogen functional groups attached to an aromatic ring is 1. The fourth-order valence-electron chi connectivity index (χ4n) is 1.50. The maximum atomic E-state index is 9.82. The fraction of sp³-hybridized carbons (Fsp3) is 0.467. The number of nitriles is 1. The summed E-state index contributed by atoms with van der Waals surface area (Å²) in [5.74, 6) is -0.580. The van der Waals surface area contributed by atoms with Gasteiger partial charge in [-0.25, -0.2) is 0 Å². The van der Waals surface area contributed by atoms with Gasteiger partial charge >= 0.3 is 5.97 Å². The summed E-state index contributed by atoms with van der Waals surface area (Å²) < 4.78 is 0. The number of anilines is 1. The third-order valence-electron chi connectivity index (χ3n) is 2.30. The second kappa shape index (κ2) is 8.98. The van der Waals surface area contributed by atoms with Crippen molar-refractivity contribution >= 4 is 11.7 Å². The average Bonchev–Trinajstić information content (AvgIpc) is 2.28. The number of hydrogen-bond acceptors (Lipinski definition) is 3. The molecule has 4 heteroatoms. The highest BCUT2D eigenvalue weighted by Gasteiger charge is 2.03. The van der Waals surface area contributed by atoms with Gasteiger partial charge in [-0.2, -0.15) is 5.26 Å². The summed E-state index contributed by atoms with van der Waals surface area (Å²) in [5, 5.41) is 16.1. The monoisotopic (exact) mass is 262 g/mol. The standard InChI is InChI=1S/C10H15N.C5H7NO2/c1-8(2)6-9-4-3-5-10(11)7-9;1-4(3-6)2-5(7)8/h3-5,7-8H,6,11H2,1-2H3;4H,2H2,1H3,(H,7,8). The van der Waals surface area contributed by atoms with Gasteiger partial charge in [0.1, 0.15) is 0 Å². The molecule has 0 aliphatic carbocycles. The molecule has 0 aromatic heterocycles. The van der Waals surface area contributed by atoms with Crippen LogP contribution in [0, 0.1) is 23.2 Å². The zero-order valence-corrected chi connectivity index (χ0v) is 11.8. The van der Waals surface area contributed by atoms with Crippen LogP contribution in [0.1, 0.15) is 32.8 Å². The summed E-state index contributed by atoms with van der Waals surface area (Å²) >= 11 is 0. The molecule has 1 unspecified atom stereocenters. The van der Waals surface area contributed by atoms with Crippen LogP contribution >= 0.6 is 0 Å². The molecule has 1 aromatic rings. The van der Waals surface area contributed by atoms with Crippen LogP contribution in [0.25, 0.3) is 0 Å². The second-order valence-electron chi connectivity index (χ2n) is 4.97. The molecule has 3 N–H and O–H groups in total. The predicted molar refractivity (Wildman–Crippen MR) is 76.4 cm³/mol. The van der Waals surface area contributed by atoms with Crippen molar-refractivity contribution in [2.45, 2.75) is 33.6 Å². The van der Waals surface area contributed by atoms with E-state index in [2.05, 4.69) is 19.9 Å². The first-order valence-electron chi connectivity index (χ1n) is 6.31. The van der Waals surface area contributed by atoms with Gasteiger partial charge in [-0.3, -0.25) is 4.79 Å². The van der Waals surface area contributed by atoms with Crippen molar-refractivity contribution in [3.05, 3.63) is 29.8 Å². The van der Waals surface area contributed by atoms with Gasteiger partial charge < -0.3 is 10.8 Å². The molecule has 0 aliphatic heterocycles. The van der Waals surface area contributed by atoms with Gasteiger partial charge in [-0.15, -0.1) is 0 Å². The van der Waals surface area contributed by atoms with E-state index < -0.39 is 5.97 Å². The molecular weight excluding hydrogens is 240 g/mol. The Balaban J connectivity index is 0.000000362. The lowest BCUT2D eigenvalue weighted by Gasteiger charge is -2.04. The molecular formula is C15H22N2O2. The number of nitrogens with zero attached hydrogens (tertiary/aromatic N) is 1. The summed E-state index contributed by atoms with van der Waals surface area (Å²) in [4.78, 5) is 9.82. The first kappa shape index (κ1) is 17.0. The molecule has 0 radical (unpaired) electrons. The first-order valence-corrected chi connectivity index (χ1v) is 6.31. The molecule has 0 amide bonds. The minimum Gasteiger partial charge on any atom is -0.481 e. The van der Waals surface area contributed by atoms with Gasteiger partial charge in [0.15, 0.2) is 0 Å². The number of carboxylic acid groups (broad SMARTS) is 1. The van der Waals surface area contributed by atoms with Crippen LogP contribution in [0.2, 0.25) is 0 Å². The first-order chi connectivity index (χ1) is 8.85. The van der Waals surface area contributed by atoms with Crippen LogP contribution < -0.4 is 5.73 Å². The molecule has 0 saturated heterocycles. The Labute approximate surface area is 114 Å². The maximum absolute atomic E-state index is 9.82. The van der Waals surface area contributed by atoms with E-state index in [0.717, 1.165) is 12.1 Å². The summed E-state index contributed by atoms with van der Waals surface area (Å²) in [7, 11) is 0. The fourth-order valence-corrected chi connectivity index (χ4v) is 1.50. The number of rotatable bonds is 4. The maximum Gasteiger partial charge on any atom is 0.304 e. The lowest BCUT2D eigenvalue weighted by molar-refractivity contribution is -0.137. The molecule has 0 fully saturated rings. The highest BCUT2D eigenvalue weighted by molar-refractivity contribution is 5.67. The van der Waals surface area contributed by atoms with E-state index >= 15 is 0 Å². The minimum absolute atomic E-state index is 0.0590. The largest absolute Gasteiger partial charge is 0.481 e. The molecule has 0 bridgehead atoms. The van der Waals surface area contributed by atoms with E-state index in [1.807, 2.05) is 24.3 Å². The smallest absolute Gasteiger partial charge is 0.304 e. The Morgan fingerprint density at radius 2 is 2.05 bits per heavy atom. The van der Waals surface area contributed by atoms with Gasteiger partial charge in [-0.1, -0.05) is 26.0 Å². The molecule has 104 valence electrons. The van der Waals surface area contributed by atoms with E-state index in [9.17, 15) is 4.79 Å². The Hall–Kier alpha value is -2.02. The van der Waals surface area contributed by atoms with Crippen molar-refractivity contribution in [3.8, 4) is 6.07 Å². The topological polar surface area (TPSA) is 87.1 Å². The summed E-state index contributed by atoms with van der Waals surface area (Å²) in [6.45, 7) is 6.00.